The number of nitrogens with zero attached hydrogens (tertiary/aromatic N) is 2. The van der Waals surface area contributed by atoms with E-state index in [0.717, 1.165) is 41.6 Å². The molecule has 2 N–H and O–H groups in total. The molecular formula is C19H20ClN3. The van der Waals surface area contributed by atoms with Gasteiger partial charge in [0, 0.05) is 21.8 Å². The molecule has 0 spiro atoms. The Morgan fingerprint density at radius 3 is 2.87 bits per heavy atom. The van der Waals surface area contributed by atoms with E-state index in [2.05, 4.69) is 18.0 Å². The van der Waals surface area contributed by atoms with E-state index in [4.69, 9.17) is 17.3 Å². The zero-order valence-electron chi connectivity index (χ0n) is 13.3. The second-order valence-corrected chi connectivity index (χ2v) is 6.57. The van der Waals surface area contributed by atoms with Crippen LogP contribution in [0.3, 0.4) is 0 Å². The van der Waals surface area contributed by atoms with Gasteiger partial charge in [-0.2, -0.15) is 5.26 Å². The Hall–Kier alpha value is -2.05. The van der Waals surface area contributed by atoms with Crippen LogP contribution in [-0.2, 0) is 12.8 Å². The smallest absolute Gasteiger partial charge is 0.142 e. The molecule has 1 unspecified atom stereocenters. The summed E-state index contributed by atoms with van der Waals surface area (Å²) in [4.78, 5) is 4.51. The molecule has 1 aliphatic carbocycles. The summed E-state index contributed by atoms with van der Waals surface area (Å²) in [7, 11) is 0. The Kier molecular flexibility index (Phi) is 4.54. The third kappa shape index (κ3) is 2.92. The summed E-state index contributed by atoms with van der Waals surface area (Å²) >= 11 is 6.41. The van der Waals surface area contributed by atoms with Crippen molar-refractivity contribution in [3.8, 4) is 17.2 Å². The lowest BCUT2D eigenvalue weighted by Crippen LogP contribution is -2.18. The number of aryl methyl sites for hydroxylation is 1. The van der Waals surface area contributed by atoms with Gasteiger partial charge in [-0.1, -0.05) is 49.6 Å². The lowest BCUT2D eigenvalue weighted by atomic mass is 9.79. The van der Waals surface area contributed by atoms with Crippen LogP contribution in [0.4, 0.5) is 5.82 Å². The van der Waals surface area contributed by atoms with Crippen molar-refractivity contribution >= 4 is 17.4 Å². The summed E-state index contributed by atoms with van der Waals surface area (Å²) in [5, 5.41) is 10.3. The highest BCUT2D eigenvalue weighted by Gasteiger charge is 2.26. The quantitative estimate of drug-likeness (QED) is 0.884. The van der Waals surface area contributed by atoms with Gasteiger partial charge in [0.1, 0.15) is 17.5 Å². The van der Waals surface area contributed by atoms with Gasteiger partial charge in [-0.15, -0.1) is 0 Å². The first kappa shape index (κ1) is 15.8. The number of hydrogen-bond acceptors (Lipinski definition) is 3. The number of aromatic nitrogens is 1. The van der Waals surface area contributed by atoms with Crippen molar-refractivity contribution in [1.82, 2.24) is 4.98 Å². The summed E-state index contributed by atoms with van der Waals surface area (Å²) in [6.45, 7) is 2.21. The second-order valence-electron chi connectivity index (χ2n) is 6.16. The van der Waals surface area contributed by atoms with E-state index < -0.39 is 0 Å². The number of nitrogen functional groups attached to an aromatic ring is 1. The van der Waals surface area contributed by atoms with Crippen molar-refractivity contribution < 1.29 is 0 Å². The number of benzene rings is 1. The molecule has 0 fully saturated rings. The van der Waals surface area contributed by atoms with Gasteiger partial charge in [0.05, 0.1) is 0 Å². The fourth-order valence-corrected chi connectivity index (χ4v) is 3.81. The second kappa shape index (κ2) is 6.60. The number of rotatable bonds is 3. The number of nitrogens with two attached hydrogens (primary N) is 1. The summed E-state index contributed by atoms with van der Waals surface area (Å²) < 4.78 is 0. The van der Waals surface area contributed by atoms with Gasteiger partial charge in [-0.05, 0) is 36.8 Å². The third-order valence-electron chi connectivity index (χ3n) is 4.65. The molecule has 1 aliphatic rings. The van der Waals surface area contributed by atoms with Crippen molar-refractivity contribution in [2.45, 2.75) is 39.0 Å². The maximum atomic E-state index is 9.61. The van der Waals surface area contributed by atoms with Gasteiger partial charge < -0.3 is 5.73 Å². The summed E-state index contributed by atoms with van der Waals surface area (Å²) in [6.07, 6.45) is 5.39. The number of fused-ring (bicyclic) bond motifs is 1. The number of halogens is 1. The zero-order valence-corrected chi connectivity index (χ0v) is 14.0. The van der Waals surface area contributed by atoms with Crippen LogP contribution in [0.15, 0.2) is 24.3 Å². The summed E-state index contributed by atoms with van der Waals surface area (Å²) in [5.74, 6) is 0.959. The highest BCUT2D eigenvalue weighted by molar-refractivity contribution is 6.33. The molecule has 0 radical (unpaired) electrons. The Labute approximate surface area is 142 Å². The molecule has 0 amide bonds. The van der Waals surface area contributed by atoms with Gasteiger partial charge in [-0.3, -0.25) is 0 Å². The molecular weight excluding hydrogens is 306 g/mol. The van der Waals surface area contributed by atoms with E-state index in [1.54, 1.807) is 0 Å². The minimum absolute atomic E-state index is 0.315. The van der Waals surface area contributed by atoms with E-state index in [1.165, 1.54) is 12.8 Å². The molecule has 0 bridgehead atoms. The molecule has 1 aromatic heterocycles. The molecule has 0 saturated heterocycles. The lowest BCUT2D eigenvalue weighted by Gasteiger charge is -2.27. The number of pyridine rings is 1. The van der Waals surface area contributed by atoms with Crippen LogP contribution in [0.2, 0.25) is 5.02 Å². The normalized spacial score (nSPS) is 16.7. The van der Waals surface area contributed by atoms with Crippen LogP contribution in [0, 0.1) is 17.2 Å². The summed E-state index contributed by atoms with van der Waals surface area (Å²) in [6, 6.07) is 9.89. The predicted octanol–water partition coefficient (Wildman–Crippen LogP) is 4.76. The highest BCUT2D eigenvalue weighted by atomic mass is 35.5. The fourth-order valence-electron chi connectivity index (χ4n) is 3.58. The van der Waals surface area contributed by atoms with E-state index in [-0.39, 0.29) is 0 Å². The minimum Gasteiger partial charge on any atom is -0.383 e. The van der Waals surface area contributed by atoms with Crippen LogP contribution in [0.5, 0.6) is 0 Å². The van der Waals surface area contributed by atoms with Crippen molar-refractivity contribution in [2.75, 3.05) is 5.73 Å². The Balaban J connectivity index is 2.23. The third-order valence-corrected chi connectivity index (χ3v) is 4.98. The van der Waals surface area contributed by atoms with E-state index >= 15 is 0 Å². The van der Waals surface area contributed by atoms with Gasteiger partial charge in [0.15, 0.2) is 0 Å². The first-order valence-corrected chi connectivity index (χ1v) is 8.49. The first-order valence-electron chi connectivity index (χ1n) is 8.11. The number of hydrogen-bond donors (Lipinski definition) is 1. The molecule has 0 aliphatic heterocycles. The summed E-state index contributed by atoms with van der Waals surface area (Å²) in [5.41, 5.74) is 10.5. The maximum Gasteiger partial charge on any atom is 0.142 e. The van der Waals surface area contributed by atoms with E-state index in [1.807, 2.05) is 24.3 Å². The number of nitriles is 1. The van der Waals surface area contributed by atoms with Gasteiger partial charge >= 0.3 is 0 Å². The molecule has 1 heterocycles. The Bertz CT molecular complexity index is 777. The Morgan fingerprint density at radius 2 is 2.17 bits per heavy atom. The standard InChI is InChI=1S/C19H20ClN3/c1-2-5-12-8-9-17-14(10-12)18(15(11-21)19(22)23-17)13-6-3-4-7-16(13)20/h3-4,6-7,12H,2,5,8-10H2,1H3,(H2,22,23). The highest BCUT2D eigenvalue weighted by Crippen LogP contribution is 2.40. The van der Waals surface area contributed by atoms with Crippen LogP contribution < -0.4 is 5.73 Å². The first-order chi connectivity index (χ1) is 11.2. The molecule has 1 atom stereocenters. The average Bonchev–Trinajstić information content (AvgIpc) is 2.55. The van der Waals surface area contributed by atoms with Crippen molar-refractivity contribution in [3.05, 3.63) is 46.1 Å². The van der Waals surface area contributed by atoms with Gasteiger partial charge in [-0.25, -0.2) is 4.98 Å². The van der Waals surface area contributed by atoms with Gasteiger partial charge in [0.2, 0.25) is 0 Å². The Morgan fingerprint density at radius 1 is 1.39 bits per heavy atom. The molecule has 3 rings (SSSR count). The predicted molar refractivity (Wildman–Crippen MR) is 94.2 cm³/mol. The van der Waals surface area contributed by atoms with Crippen LogP contribution in [-0.4, -0.2) is 4.98 Å². The van der Waals surface area contributed by atoms with Crippen molar-refractivity contribution in [2.24, 2.45) is 5.92 Å². The van der Waals surface area contributed by atoms with Gasteiger partial charge in [0.25, 0.3) is 0 Å². The zero-order chi connectivity index (χ0) is 16.4. The molecule has 0 saturated carbocycles. The van der Waals surface area contributed by atoms with E-state index in [0.29, 0.717) is 22.3 Å². The molecule has 23 heavy (non-hydrogen) atoms. The van der Waals surface area contributed by atoms with Crippen molar-refractivity contribution in [1.29, 1.82) is 5.26 Å². The maximum absolute atomic E-state index is 9.61. The molecule has 118 valence electrons. The van der Waals surface area contributed by atoms with Crippen LogP contribution in [0.25, 0.3) is 11.1 Å². The topological polar surface area (TPSA) is 62.7 Å². The van der Waals surface area contributed by atoms with E-state index in [9.17, 15) is 5.26 Å². The monoisotopic (exact) mass is 325 g/mol. The largest absolute Gasteiger partial charge is 0.383 e. The average molecular weight is 326 g/mol. The van der Waals surface area contributed by atoms with Crippen LogP contribution in [0.1, 0.15) is 43.0 Å². The number of anilines is 1. The molecule has 3 nitrogen and oxygen atoms in total. The molecule has 4 heteroatoms. The SMILES string of the molecule is CCCC1CCc2nc(N)c(C#N)c(-c3ccccc3Cl)c2C1. The molecule has 2 aromatic rings. The van der Waals surface area contributed by atoms with Crippen molar-refractivity contribution in [3.63, 3.8) is 0 Å². The fraction of sp³-hybridized carbons (Fsp3) is 0.368. The molecule has 1 aromatic carbocycles. The lowest BCUT2D eigenvalue weighted by molar-refractivity contribution is 0.419. The minimum atomic E-state index is 0.315. The van der Waals surface area contributed by atoms with Crippen LogP contribution >= 0.6 is 11.6 Å².